The van der Waals surface area contributed by atoms with E-state index in [0.717, 1.165) is 15.6 Å². The molecule has 0 aliphatic rings. The van der Waals surface area contributed by atoms with Crippen LogP contribution in [0.4, 0.5) is 0 Å². The molecule has 0 aliphatic heterocycles. The Labute approximate surface area is 131 Å². The average Bonchev–Trinajstić information content (AvgIpc) is 3.17. The third kappa shape index (κ3) is 3.38. The Morgan fingerprint density at radius 3 is 2.57 bits per heavy atom. The Bertz CT molecular complexity index is 809. The van der Waals surface area contributed by atoms with E-state index in [1.54, 1.807) is 41.7 Å². The number of hydrogen-bond acceptors (Lipinski definition) is 5. The molecule has 108 valence electrons. The van der Waals surface area contributed by atoms with Gasteiger partial charge in [-0.25, -0.2) is 18.1 Å². The van der Waals surface area contributed by atoms with E-state index in [9.17, 15) is 8.42 Å². The minimum atomic E-state index is -3.49. The van der Waals surface area contributed by atoms with Crippen LogP contribution in [0.15, 0.2) is 58.1 Å². The van der Waals surface area contributed by atoms with Crippen molar-refractivity contribution in [1.29, 1.82) is 0 Å². The zero-order valence-corrected chi connectivity index (χ0v) is 13.3. The Kier molecular flexibility index (Phi) is 4.16. The highest BCUT2D eigenvalue weighted by Gasteiger charge is 2.14. The van der Waals surface area contributed by atoms with Crippen molar-refractivity contribution in [3.8, 4) is 9.88 Å². The molecule has 0 saturated carbocycles. The molecule has 21 heavy (non-hydrogen) atoms. The van der Waals surface area contributed by atoms with Crippen LogP contribution < -0.4 is 4.72 Å². The van der Waals surface area contributed by atoms with Crippen molar-refractivity contribution >= 4 is 32.7 Å². The number of hydrogen-bond donors (Lipinski definition) is 1. The normalized spacial score (nSPS) is 11.6. The van der Waals surface area contributed by atoms with Gasteiger partial charge < -0.3 is 0 Å². The van der Waals surface area contributed by atoms with Crippen molar-refractivity contribution < 1.29 is 8.42 Å². The average molecular weight is 336 g/mol. The third-order valence-electron chi connectivity index (χ3n) is 2.78. The van der Waals surface area contributed by atoms with Gasteiger partial charge in [0.2, 0.25) is 10.0 Å². The molecule has 0 saturated heterocycles. The van der Waals surface area contributed by atoms with Gasteiger partial charge in [-0.3, -0.25) is 0 Å². The second-order valence-electron chi connectivity index (χ2n) is 4.26. The number of thiazole rings is 1. The first-order valence-electron chi connectivity index (χ1n) is 6.18. The molecule has 0 bridgehead atoms. The van der Waals surface area contributed by atoms with Crippen LogP contribution in [0.25, 0.3) is 9.88 Å². The van der Waals surface area contributed by atoms with Crippen molar-refractivity contribution in [1.82, 2.24) is 9.71 Å². The number of nitrogens with one attached hydrogen (secondary N) is 1. The standard InChI is InChI=1S/C14H12N2O2S3/c17-21(18,12-5-2-1-3-6-12)15-9-11-10-20-14(16-11)13-7-4-8-19-13/h1-8,10,15H,9H2. The fourth-order valence-corrected chi connectivity index (χ4v) is 4.41. The lowest BCUT2D eigenvalue weighted by molar-refractivity contribution is 0.580. The van der Waals surface area contributed by atoms with Crippen molar-refractivity contribution in [3.63, 3.8) is 0 Å². The van der Waals surface area contributed by atoms with Gasteiger partial charge in [0.1, 0.15) is 5.01 Å². The number of rotatable bonds is 5. The molecular formula is C14H12N2O2S3. The molecule has 4 nitrogen and oxygen atoms in total. The maximum absolute atomic E-state index is 12.1. The summed E-state index contributed by atoms with van der Waals surface area (Å²) in [5, 5.41) is 4.79. The summed E-state index contributed by atoms with van der Waals surface area (Å²) in [6.07, 6.45) is 0. The molecule has 0 amide bonds. The lowest BCUT2D eigenvalue weighted by Gasteiger charge is -2.04. The van der Waals surface area contributed by atoms with Gasteiger partial charge in [-0.2, -0.15) is 0 Å². The van der Waals surface area contributed by atoms with Crippen molar-refractivity contribution in [3.05, 3.63) is 58.9 Å². The Morgan fingerprint density at radius 1 is 1.05 bits per heavy atom. The fraction of sp³-hybridized carbons (Fsp3) is 0.0714. The molecule has 0 radical (unpaired) electrons. The summed E-state index contributed by atoms with van der Waals surface area (Å²) in [5.41, 5.74) is 0.725. The second-order valence-corrected chi connectivity index (χ2v) is 7.83. The van der Waals surface area contributed by atoms with E-state index in [1.165, 1.54) is 11.3 Å². The Hall–Kier alpha value is -1.54. The second kappa shape index (κ2) is 6.07. The number of benzene rings is 1. The van der Waals surface area contributed by atoms with E-state index in [2.05, 4.69) is 9.71 Å². The van der Waals surface area contributed by atoms with Crippen molar-refractivity contribution in [2.75, 3.05) is 0 Å². The maximum Gasteiger partial charge on any atom is 0.240 e. The van der Waals surface area contributed by atoms with Crippen LogP contribution >= 0.6 is 22.7 Å². The quantitative estimate of drug-likeness (QED) is 0.777. The zero-order valence-electron chi connectivity index (χ0n) is 10.9. The van der Waals surface area contributed by atoms with E-state index in [1.807, 2.05) is 22.9 Å². The van der Waals surface area contributed by atoms with Crippen LogP contribution in [0.1, 0.15) is 5.69 Å². The van der Waals surface area contributed by atoms with Crippen LogP contribution in [-0.4, -0.2) is 13.4 Å². The number of thiophene rings is 1. The molecule has 2 aromatic heterocycles. The minimum Gasteiger partial charge on any atom is -0.239 e. The topological polar surface area (TPSA) is 59.1 Å². The molecule has 1 N–H and O–H groups in total. The fourth-order valence-electron chi connectivity index (χ4n) is 1.75. The summed E-state index contributed by atoms with van der Waals surface area (Å²) in [6, 6.07) is 12.3. The van der Waals surface area contributed by atoms with E-state index < -0.39 is 10.0 Å². The first-order valence-corrected chi connectivity index (χ1v) is 9.42. The molecule has 0 unspecified atom stereocenters. The monoisotopic (exact) mass is 336 g/mol. The molecular weight excluding hydrogens is 324 g/mol. The Balaban J connectivity index is 1.71. The smallest absolute Gasteiger partial charge is 0.239 e. The summed E-state index contributed by atoms with van der Waals surface area (Å²) in [5.74, 6) is 0. The predicted octanol–water partition coefficient (Wildman–Crippen LogP) is 3.35. The highest BCUT2D eigenvalue weighted by Crippen LogP contribution is 2.27. The van der Waals surface area contributed by atoms with Gasteiger partial charge in [0.15, 0.2) is 0 Å². The molecule has 0 fully saturated rings. The molecule has 0 atom stereocenters. The minimum absolute atomic E-state index is 0.194. The van der Waals surface area contributed by atoms with Crippen LogP contribution in [0.5, 0.6) is 0 Å². The van der Waals surface area contributed by atoms with Crippen molar-refractivity contribution in [2.24, 2.45) is 0 Å². The first kappa shape index (κ1) is 14.4. The van der Waals surface area contributed by atoms with Gasteiger partial charge in [-0.05, 0) is 23.6 Å². The van der Waals surface area contributed by atoms with Gasteiger partial charge >= 0.3 is 0 Å². The zero-order chi connectivity index (χ0) is 14.7. The predicted molar refractivity (Wildman–Crippen MR) is 85.9 cm³/mol. The Morgan fingerprint density at radius 2 is 1.86 bits per heavy atom. The van der Waals surface area contributed by atoms with Crippen LogP contribution in [0.3, 0.4) is 0 Å². The molecule has 3 rings (SSSR count). The molecule has 7 heteroatoms. The van der Waals surface area contributed by atoms with Crippen molar-refractivity contribution in [2.45, 2.75) is 11.4 Å². The SMILES string of the molecule is O=S(=O)(NCc1csc(-c2cccs2)n1)c1ccccc1. The van der Waals surface area contributed by atoms with Gasteiger partial charge in [-0.1, -0.05) is 24.3 Å². The highest BCUT2D eigenvalue weighted by molar-refractivity contribution is 7.89. The summed E-state index contributed by atoms with van der Waals surface area (Å²) in [6.45, 7) is 0.194. The van der Waals surface area contributed by atoms with E-state index in [4.69, 9.17) is 0 Å². The third-order valence-corrected chi connectivity index (χ3v) is 6.13. The van der Waals surface area contributed by atoms with E-state index in [0.29, 0.717) is 0 Å². The van der Waals surface area contributed by atoms with Gasteiger partial charge in [0, 0.05) is 5.38 Å². The number of nitrogens with zero attached hydrogens (tertiary/aromatic N) is 1. The lowest BCUT2D eigenvalue weighted by Crippen LogP contribution is -2.23. The first-order chi connectivity index (χ1) is 10.1. The largest absolute Gasteiger partial charge is 0.240 e. The molecule has 2 heterocycles. The van der Waals surface area contributed by atoms with E-state index in [-0.39, 0.29) is 11.4 Å². The summed E-state index contributed by atoms with van der Waals surface area (Å²) < 4.78 is 26.8. The van der Waals surface area contributed by atoms with Crippen LogP contribution in [0, 0.1) is 0 Å². The lowest BCUT2D eigenvalue weighted by atomic mass is 10.4. The molecule has 0 spiro atoms. The van der Waals surface area contributed by atoms with E-state index >= 15 is 0 Å². The van der Waals surface area contributed by atoms with Gasteiger partial charge in [0.05, 0.1) is 22.0 Å². The molecule has 3 aromatic rings. The summed E-state index contributed by atoms with van der Waals surface area (Å²) >= 11 is 3.14. The summed E-state index contributed by atoms with van der Waals surface area (Å²) in [4.78, 5) is 5.81. The maximum atomic E-state index is 12.1. The highest BCUT2D eigenvalue weighted by atomic mass is 32.2. The van der Waals surface area contributed by atoms with Gasteiger partial charge in [0.25, 0.3) is 0 Å². The van der Waals surface area contributed by atoms with Crippen LogP contribution in [-0.2, 0) is 16.6 Å². The number of aromatic nitrogens is 1. The molecule has 0 aliphatic carbocycles. The van der Waals surface area contributed by atoms with Crippen LogP contribution in [0.2, 0.25) is 0 Å². The number of sulfonamides is 1. The van der Waals surface area contributed by atoms with Gasteiger partial charge in [-0.15, -0.1) is 22.7 Å². The molecule has 1 aromatic carbocycles. The summed E-state index contributed by atoms with van der Waals surface area (Å²) in [7, 11) is -3.49.